The van der Waals surface area contributed by atoms with Crippen LogP contribution < -0.4 is 5.32 Å². The Balaban J connectivity index is 3.10. The summed E-state index contributed by atoms with van der Waals surface area (Å²) in [7, 11) is 0. The van der Waals surface area contributed by atoms with Crippen molar-refractivity contribution in [1.29, 1.82) is 0 Å². The number of nitrogens with one attached hydrogen (secondary N) is 1. The van der Waals surface area contributed by atoms with Crippen LogP contribution in [0.15, 0.2) is 5.11 Å². The second-order valence-electron chi connectivity index (χ2n) is 2.37. The summed E-state index contributed by atoms with van der Waals surface area (Å²) in [5, 5.41) is 6.11. The van der Waals surface area contributed by atoms with Gasteiger partial charge in [0.1, 0.15) is 0 Å². The van der Waals surface area contributed by atoms with Crippen molar-refractivity contribution in [3.8, 4) is 0 Å². The molecule has 1 amide bonds. The largest absolute Gasteiger partial charge is 0.356 e. The zero-order valence-electron chi connectivity index (χ0n) is 7.29. The van der Waals surface area contributed by atoms with E-state index in [9.17, 15) is 4.79 Å². The SMILES string of the molecule is CCC(=O)NCCCCN=[N+]=[N-]. The third kappa shape index (κ3) is 6.89. The van der Waals surface area contributed by atoms with Crippen molar-refractivity contribution in [2.24, 2.45) is 5.11 Å². The van der Waals surface area contributed by atoms with Crippen LogP contribution in [0.5, 0.6) is 0 Å². The Morgan fingerprint density at radius 2 is 2.33 bits per heavy atom. The van der Waals surface area contributed by atoms with E-state index in [0.29, 0.717) is 19.5 Å². The van der Waals surface area contributed by atoms with Crippen molar-refractivity contribution in [3.63, 3.8) is 0 Å². The van der Waals surface area contributed by atoms with Gasteiger partial charge in [0.15, 0.2) is 0 Å². The molecule has 0 saturated carbocycles. The predicted octanol–water partition coefficient (Wildman–Crippen LogP) is 1.60. The second kappa shape index (κ2) is 7.88. The Hall–Kier alpha value is -1.22. The van der Waals surface area contributed by atoms with Crippen molar-refractivity contribution >= 4 is 5.91 Å². The quantitative estimate of drug-likeness (QED) is 0.279. The number of rotatable bonds is 6. The summed E-state index contributed by atoms with van der Waals surface area (Å²) in [6.45, 7) is 3.00. The summed E-state index contributed by atoms with van der Waals surface area (Å²) in [4.78, 5) is 13.3. The fourth-order valence-electron chi connectivity index (χ4n) is 0.705. The molecule has 0 saturated heterocycles. The lowest BCUT2D eigenvalue weighted by Gasteiger charge is -2.00. The fourth-order valence-corrected chi connectivity index (χ4v) is 0.705. The van der Waals surface area contributed by atoms with E-state index in [-0.39, 0.29) is 5.91 Å². The molecule has 0 aliphatic rings. The Morgan fingerprint density at radius 3 is 2.92 bits per heavy atom. The second-order valence-corrected chi connectivity index (χ2v) is 2.37. The van der Waals surface area contributed by atoms with Gasteiger partial charge in [-0.15, -0.1) is 0 Å². The van der Waals surface area contributed by atoms with Gasteiger partial charge in [-0.3, -0.25) is 4.79 Å². The molecule has 1 N–H and O–H groups in total. The molecule has 0 aromatic rings. The molecule has 0 fully saturated rings. The van der Waals surface area contributed by atoms with E-state index in [1.165, 1.54) is 0 Å². The minimum Gasteiger partial charge on any atom is -0.356 e. The Labute approximate surface area is 71.8 Å². The van der Waals surface area contributed by atoms with Gasteiger partial charge in [-0.1, -0.05) is 12.0 Å². The minimum atomic E-state index is 0.0683. The molecule has 0 aromatic heterocycles. The number of carbonyl (C=O) groups is 1. The zero-order chi connectivity index (χ0) is 9.23. The highest BCUT2D eigenvalue weighted by atomic mass is 16.1. The molecular formula is C7H14N4O. The Kier molecular flexibility index (Phi) is 7.08. The van der Waals surface area contributed by atoms with E-state index in [0.717, 1.165) is 12.8 Å². The van der Waals surface area contributed by atoms with Gasteiger partial charge in [-0.25, -0.2) is 0 Å². The zero-order valence-corrected chi connectivity index (χ0v) is 7.29. The van der Waals surface area contributed by atoms with E-state index in [4.69, 9.17) is 5.53 Å². The summed E-state index contributed by atoms with van der Waals surface area (Å²) in [5.41, 5.74) is 7.94. The maximum absolute atomic E-state index is 10.7. The van der Waals surface area contributed by atoms with Gasteiger partial charge in [0.25, 0.3) is 0 Å². The van der Waals surface area contributed by atoms with Gasteiger partial charge in [0, 0.05) is 24.4 Å². The van der Waals surface area contributed by atoms with Crippen LogP contribution in [-0.2, 0) is 4.79 Å². The van der Waals surface area contributed by atoms with Crippen molar-refractivity contribution in [2.75, 3.05) is 13.1 Å². The van der Waals surface area contributed by atoms with E-state index in [2.05, 4.69) is 15.3 Å². The van der Waals surface area contributed by atoms with Gasteiger partial charge in [0.2, 0.25) is 5.91 Å². The molecule has 5 heteroatoms. The molecule has 0 heterocycles. The number of nitrogens with zero attached hydrogens (tertiary/aromatic N) is 3. The van der Waals surface area contributed by atoms with Gasteiger partial charge in [-0.05, 0) is 18.4 Å². The monoisotopic (exact) mass is 170 g/mol. The van der Waals surface area contributed by atoms with E-state index < -0.39 is 0 Å². The molecule has 0 aliphatic carbocycles. The summed E-state index contributed by atoms with van der Waals surface area (Å²) in [5.74, 6) is 0.0683. The van der Waals surface area contributed by atoms with Crippen molar-refractivity contribution < 1.29 is 4.79 Å². The minimum absolute atomic E-state index is 0.0683. The lowest BCUT2D eigenvalue weighted by atomic mass is 10.3. The normalized spacial score (nSPS) is 8.75. The molecule has 5 nitrogen and oxygen atoms in total. The van der Waals surface area contributed by atoms with Crippen molar-refractivity contribution in [1.82, 2.24) is 5.32 Å². The number of hydrogen-bond donors (Lipinski definition) is 1. The first kappa shape index (κ1) is 10.8. The Morgan fingerprint density at radius 1 is 1.58 bits per heavy atom. The van der Waals surface area contributed by atoms with Crippen LogP contribution in [0.1, 0.15) is 26.2 Å². The molecule has 0 atom stereocenters. The lowest BCUT2D eigenvalue weighted by Crippen LogP contribution is -2.23. The predicted molar refractivity (Wildman–Crippen MR) is 46.5 cm³/mol. The average Bonchev–Trinajstić information content (AvgIpc) is 2.10. The molecule has 68 valence electrons. The highest BCUT2D eigenvalue weighted by Gasteiger charge is 1.93. The standard InChI is InChI=1S/C7H14N4O/c1-2-7(12)9-5-3-4-6-10-11-8/h2-6H2,1H3,(H,9,12). The van der Waals surface area contributed by atoms with E-state index >= 15 is 0 Å². The van der Waals surface area contributed by atoms with Gasteiger partial charge in [-0.2, -0.15) is 0 Å². The first-order valence-electron chi connectivity index (χ1n) is 4.08. The number of unbranched alkanes of at least 4 members (excludes halogenated alkanes) is 1. The molecule has 0 aromatic carbocycles. The summed E-state index contributed by atoms with van der Waals surface area (Å²) < 4.78 is 0. The molecule has 0 bridgehead atoms. The molecule has 0 rings (SSSR count). The molecular weight excluding hydrogens is 156 g/mol. The average molecular weight is 170 g/mol. The van der Waals surface area contributed by atoms with Crippen LogP contribution in [0.4, 0.5) is 0 Å². The maximum atomic E-state index is 10.7. The van der Waals surface area contributed by atoms with Crippen LogP contribution in [0, 0.1) is 0 Å². The fraction of sp³-hybridized carbons (Fsp3) is 0.857. The van der Waals surface area contributed by atoms with E-state index in [1.807, 2.05) is 6.92 Å². The van der Waals surface area contributed by atoms with Gasteiger partial charge in [0.05, 0.1) is 0 Å². The Bertz CT molecular complexity index is 174. The van der Waals surface area contributed by atoms with Crippen molar-refractivity contribution in [3.05, 3.63) is 10.4 Å². The number of amides is 1. The summed E-state index contributed by atoms with van der Waals surface area (Å²) in [6.07, 6.45) is 2.22. The van der Waals surface area contributed by atoms with Crippen LogP contribution in [0.2, 0.25) is 0 Å². The maximum Gasteiger partial charge on any atom is 0.219 e. The van der Waals surface area contributed by atoms with Crippen LogP contribution >= 0.6 is 0 Å². The lowest BCUT2D eigenvalue weighted by molar-refractivity contribution is -0.120. The number of carbonyl (C=O) groups excluding carboxylic acids is 1. The molecule has 0 spiro atoms. The van der Waals surface area contributed by atoms with Crippen LogP contribution in [-0.4, -0.2) is 19.0 Å². The highest BCUT2D eigenvalue weighted by Crippen LogP contribution is 1.88. The highest BCUT2D eigenvalue weighted by molar-refractivity contribution is 5.75. The first-order chi connectivity index (χ1) is 5.81. The third-order valence-corrected chi connectivity index (χ3v) is 1.39. The molecule has 12 heavy (non-hydrogen) atoms. The molecule has 0 radical (unpaired) electrons. The topological polar surface area (TPSA) is 77.9 Å². The smallest absolute Gasteiger partial charge is 0.219 e. The van der Waals surface area contributed by atoms with Gasteiger partial charge < -0.3 is 5.32 Å². The van der Waals surface area contributed by atoms with E-state index in [1.54, 1.807) is 0 Å². The summed E-state index contributed by atoms with van der Waals surface area (Å²) in [6, 6.07) is 0. The summed E-state index contributed by atoms with van der Waals surface area (Å²) >= 11 is 0. The van der Waals surface area contributed by atoms with Crippen LogP contribution in [0.3, 0.4) is 0 Å². The molecule has 0 unspecified atom stereocenters. The van der Waals surface area contributed by atoms with Crippen molar-refractivity contribution in [2.45, 2.75) is 26.2 Å². The van der Waals surface area contributed by atoms with Crippen LogP contribution in [0.25, 0.3) is 10.4 Å². The first-order valence-corrected chi connectivity index (χ1v) is 4.08. The third-order valence-electron chi connectivity index (χ3n) is 1.39. The number of azide groups is 1. The van der Waals surface area contributed by atoms with Gasteiger partial charge >= 0.3 is 0 Å². The number of hydrogen-bond acceptors (Lipinski definition) is 2. The molecule has 0 aliphatic heterocycles.